The van der Waals surface area contributed by atoms with Gasteiger partial charge in [0, 0.05) is 32.4 Å². The summed E-state index contributed by atoms with van der Waals surface area (Å²) in [6, 6.07) is 1.82. The van der Waals surface area contributed by atoms with Crippen molar-refractivity contribution in [3.05, 3.63) is 24.3 Å². The van der Waals surface area contributed by atoms with Gasteiger partial charge in [-0.1, -0.05) is 0 Å². The number of aromatic nitrogens is 3. The fourth-order valence-electron chi connectivity index (χ4n) is 3.22. The number of nitrogens with zero attached hydrogens (tertiary/aromatic N) is 3. The normalized spacial score (nSPS) is 24.1. The number of carbonyl (C=O) groups is 3. The molecule has 3 heterocycles. The maximum absolute atomic E-state index is 11.7. The Kier molecular flexibility index (Phi) is 5.59. The second-order valence-corrected chi connectivity index (χ2v) is 6.44. The van der Waals surface area contributed by atoms with Crippen LogP contribution in [0, 0.1) is 6.92 Å². The van der Waals surface area contributed by atoms with Crippen LogP contribution < -0.4 is 0 Å². The number of hydrogen-bond acceptors (Lipinski definition) is 9. The van der Waals surface area contributed by atoms with E-state index in [1.807, 2.05) is 13.0 Å². The van der Waals surface area contributed by atoms with Gasteiger partial charge in [-0.3, -0.25) is 14.4 Å². The van der Waals surface area contributed by atoms with Gasteiger partial charge in [-0.05, 0) is 13.0 Å². The van der Waals surface area contributed by atoms with Gasteiger partial charge in [0.05, 0.1) is 5.69 Å². The van der Waals surface area contributed by atoms with Crippen LogP contribution >= 0.6 is 0 Å². The van der Waals surface area contributed by atoms with Crippen molar-refractivity contribution in [2.75, 3.05) is 6.61 Å². The van der Waals surface area contributed by atoms with Gasteiger partial charge in [-0.2, -0.15) is 0 Å². The lowest BCUT2D eigenvalue weighted by Gasteiger charge is -2.24. The summed E-state index contributed by atoms with van der Waals surface area (Å²) in [7, 11) is 0. The third-order valence-corrected chi connectivity index (χ3v) is 4.32. The first-order valence-electron chi connectivity index (χ1n) is 8.69. The van der Waals surface area contributed by atoms with Crippen LogP contribution in [0.25, 0.3) is 11.0 Å². The van der Waals surface area contributed by atoms with E-state index in [4.69, 9.17) is 18.9 Å². The first-order chi connectivity index (χ1) is 13.3. The molecule has 0 radical (unpaired) electrons. The van der Waals surface area contributed by atoms with Crippen LogP contribution in [0.2, 0.25) is 0 Å². The highest BCUT2D eigenvalue weighted by Crippen LogP contribution is 2.36. The molecule has 2 aromatic rings. The van der Waals surface area contributed by atoms with Crippen molar-refractivity contribution in [3.63, 3.8) is 0 Å². The van der Waals surface area contributed by atoms with Gasteiger partial charge >= 0.3 is 17.9 Å². The number of ether oxygens (including phenoxy) is 4. The van der Waals surface area contributed by atoms with Crippen molar-refractivity contribution < 1.29 is 33.3 Å². The van der Waals surface area contributed by atoms with Crippen LogP contribution in [0.5, 0.6) is 0 Å². The Balaban J connectivity index is 2.01. The van der Waals surface area contributed by atoms with Gasteiger partial charge in [-0.15, -0.1) is 0 Å². The maximum Gasteiger partial charge on any atom is 0.303 e. The molecule has 0 spiro atoms. The SMILES string of the molecule is CC(=O)OC[C@H]1O[C@@H](n2ccc3c(C)ncnc32)[C@H](OC(C)=O)[C@@H]1OC(C)=O. The average molecular weight is 391 g/mol. The first kappa shape index (κ1) is 19.7. The Morgan fingerprint density at radius 1 is 1.07 bits per heavy atom. The quantitative estimate of drug-likeness (QED) is 0.544. The molecular formula is C18H21N3O7. The van der Waals surface area contributed by atoms with Crippen LogP contribution in [0.4, 0.5) is 0 Å². The lowest BCUT2D eigenvalue weighted by Crippen LogP contribution is -2.40. The monoisotopic (exact) mass is 391 g/mol. The Morgan fingerprint density at radius 3 is 2.39 bits per heavy atom. The van der Waals surface area contributed by atoms with E-state index in [1.54, 1.807) is 10.8 Å². The number of esters is 3. The molecule has 1 aliphatic heterocycles. The molecule has 0 saturated carbocycles. The average Bonchev–Trinajstić information content (AvgIpc) is 3.16. The summed E-state index contributed by atoms with van der Waals surface area (Å²) >= 11 is 0. The van der Waals surface area contributed by atoms with Crippen molar-refractivity contribution in [1.82, 2.24) is 14.5 Å². The summed E-state index contributed by atoms with van der Waals surface area (Å²) in [5.41, 5.74) is 1.35. The lowest BCUT2D eigenvalue weighted by atomic mass is 10.1. The van der Waals surface area contributed by atoms with Crippen LogP contribution in [-0.4, -0.2) is 57.4 Å². The molecule has 0 aliphatic carbocycles. The van der Waals surface area contributed by atoms with Crippen molar-refractivity contribution in [2.45, 2.75) is 52.2 Å². The summed E-state index contributed by atoms with van der Waals surface area (Å²) < 4.78 is 23.5. The summed E-state index contributed by atoms with van der Waals surface area (Å²) in [5.74, 6) is -1.65. The predicted molar refractivity (Wildman–Crippen MR) is 93.9 cm³/mol. The number of carbonyl (C=O) groups excluding carboxylic acids is 3. The molecule has 150 valence electrons. The molecule has 3 rings (SSSR count). The van der Waals surface area contributed by atoms with E-state index in [0.717, 1.165) is 11.1 Å². The Morgan fingerprint density at radius 2 is 1.75 bits per heavy atom. The minimum atomic E-state index is -0.953. The van der Waals surface area contributed by atoms with E-state index in [9.17, 15) is 14.4 Å². The molecule has 10 nitrogen and oxygen atoms in total. The fourth-order valence-corrected chi connectivity index (χ4v) is 3.22. The highest BCUT2D eigenvalue weighted by Gasteiger charge is 2.50. The largest absolute Gasteiger partial charge is 0.463 e. The van der Waals surface area contributed by atoms with Gasteiger partial charge in [-0.25, -0.2) is 9.97 Å². The molecule has 0 amide bonds. The van der Waals surface area contributed by atoms with Crippen molar-refractivity contribution in [3.8, 4) is 0 Å². The molecule has 28 heavy (non-hydrogen) atoms. The van der Waals surface area contributed by atoms with E-state index < -0.39 is 42.4 Å². The van der Waals surface area contributed by atoms with Crippen molar-refractivity contribution in [2.24, 2.45) is 0 Å². The molecule has 1 saturated heterocycles. The van der Waals surface area contributed by atoms with Gasteiger partial charge in [0.1, 0.15) is 24.7 Å². The van der Waals surface area contributed by atoms with E-state index in [0.29, 0.717) is 5.65 Å². The van der Waals surface area contributed by atoms with Gasteiger partial charge in [0.2, 0.25) is 0 Å². The summed E-state index contributed by atoms with van der Waals surface area (Å²) in [6.45, 7) is 5.44. The van der Waals surface area contributed by atoms with Crippen molar-refractivity contribution >= 4 is 28.9 Å². The summed E-state index contributed by atoms with van der Waals surface area (Å²) in [4.78, 5) is 43.0. The van der Waals surface area contributed by atoms with E-state index in [2.05, 4.69) is 9.97 Å². The van der Waals surface area contributed by atoms with Gasteiger partial charge < -0.3 is 23.5 Å². The first-order valence-corrected chi connectivity index (χ1v) is 8.69. The number of rotatable bonds is 5. The topological polar surface area (TPSA) is 119 Å². The lowest BCUT2D eigenvalue weighted by molar-refractivity contribution is -0.166. The number of aryl methyl sites for hydroxylation is 1. The third-order valence-electron chi connectivity index (χ3n) is 4.32. The van der Waals surface area contributed by atoms with E-state index in [1.165, 1.54) is 27.1 Å². The van der Waals surface area contributed by atoms with Gasteiger partial charge in [0.25, 0.3) is 0 Å². The van der Waals surface area contributed by atoms with Crippen molar-refractivity contribution in [1.29, 1.82) is 0 Å². The number of fused-ring (bicyclic) bond motifs is 1. The molecule has 1 aliphatic rings. The smallest absolute Gasteiger partial charge is 0.303 e. The predicted octanol–water partition coefficient (Wildman–Crippen LogP) is 1.06. The van der Waals surface area contributed by atoms with E-state index in [-0.39, 0.29) is 6.61 Å². The molecule has 4 atom stereocenters. The Bertz CT molecular complexity index is 910. The Hall–Kier alpha value is -3.01. The summed E-state index contributed by atoms with van der Waals surface area (Å²) in [6.07, 6.45) is -0.404. The zero-order valence-electron chi connectivity index (χ0n) is 15.9. The zero-order valence-corrected chi connectivity index (χ0v) is 15.9. The minimum Gasteiger partial charge on any atom is -0.463 e. The maximum atomic E-state index is 11.7. The van der Waals surface area contributed by atoms with Crippen LogP contribution in [0.3, 0.4) is 0 Å². The van der Waals surface area contributed by atoms with E-state index >= 15 is 0 Å². The standard InChI is InChI=1S/C18H21N3O7/c1-9-13-5-6-21(17(13)20-8-19-9)18-16(27-12(4)24)15(26-11(3)23)14(28-18)7-25-10(2)22/h5-6,8,14-16,18H,7H2,1-4H3/t14-,15-,16-,18-/m1/s1. The zero-order chi connectivity index (χ0) is 20.4. The van der Waals surface area contributed by atoms with Crippen LogP contribution in [0.15, 0.2) is 18.6 Å². The fraction of sp³-hybridized carbons (Fsp3) is 0.500. The molecule has 1 fully saturated rings. The van der Waals surface area contributed by atoms with Crippen LogP contribution in [-0.2, 0) is 33.3 Å². The molecule has 0 N–H and O–H groups in total. The Labute approximate surface area is 160 Å². The second-order valence-electron chi connectivity index (χ2n) is 6.44. The molecule has 0 aromatic carbocycles. The molecule has 2 aromatic heterocycles. The van der Waals surface area contributed by atoms with Crippen LogP contribution in [0.1, 0.15) is 32.7 Å². The third kappa shape index (κ3) is 3.96. The molecule has 0 unspecified atom stereocenters. The highest BCUT2D eigenvalue weighted by atomic mass is 16.7. The molecular weight excluding hydrogens is 370 g/mol. The number of hydrogen-bond donors (Lipinski definition) is 0. The summed E-state index contributed by atoms with van der Waals surface area (Å²) in [5, 5.41) is 0.806. The minimum absolute atomic E-state index is 0.158. The van der Waals surface area contributed by atoms with Gasteiger partial charge in [0.15, 0.2) is 18.4 Å². The molecule has 10 heteroatoms. The molecule has 0 bridgehead atoms. The highest BCUT2D eigenvalue weighted by molar-refractivity contribution is 5.78. The second kappa shape index (κ2) is 7.93.